The molecule has 2 rings (SSSR count). The van der Waals surface area contributed by atoms with Gasteiger partial charge < -0.3 is 9.64 Å². The molecule has 0 aromatic rings. The number of methoxy groups -OCH3 is 1. The van der Waals surface area contributed by atoms with Crippen LogP contribution in [0.25, 0.3) is 0 Å². The number of likely N-dealkylation sites (N-methyl/N-ethyl adjacent to an activating group) is 2. The van der Waals surface area contributed by atoms with Crippen molar-refractivity contribution in [1.29, 1.82) is 0 Å². The first-order valence-electron chi connectivity index (χ1n) is 4.59. The highest BCUT2D eigenvalue weighted by Crippen LogP contribution is 2.36. The van der Waals surface area contributed by atoms with Gasteiger partial charge in [-0.15, -0.1) is 0 Å². The van der Waals surface area contributed by atoms with Gasteiger partial charge in [-0.1, -0.05) is 0 Å². The maximum absolute atomic E-state index is 5.39. The van der Waals surface area contributed by atoms with E-state index in [1.54, 1.807) is 0 Å². The minimum Gasteiger partial charge on any atom is -0.380 e. The monoisotopic (exact) mass is 170 g/mol. The van der Waals surface area contributed by atoms with Crippen LogP contribution in [0.3, 0.4) is 0 Å². The van der Waals surface area contributed by atoms with E-state index in [0.29, 0.717) is 11.6 Å². The first-order chi connectivity index (χ1) is 5.66. The number of ether oxygens (including phenoxy) is 1. The molecule has 2 saturated heterocycles. The summed E-state index contributed by atoms with van der Waals surface area (Å²) in [6, 6.07) is 0. The predicted molar refractivity (Wildman–Crippen MR) is 48.3 cm³/mol. The summed E-state index contributed by atoms with van der Waals surface area (Å²) in [5, 5.41) is 0. The molecular weight excluding hydrogens is 152 g/mol. The van der Waals surface area contributed by atoms with Crippen molar-refractivity contribution in [3.63, 3.8) is 0 Å². The summed E-state index contributed by atoms with van der Waals surface area (Å²) >= 11 is 0. The van der Waals surface area contributed by atoms with Crippen LogP contribution in [-0.2, 0) is 4.74 Å². The van der Waals surface area contributed by atoms with Crippen LogP contribution in [0.15, 0.2) is 0 Å². The molecule has 0 N–H and O–H groups in total. The Morgan fingerprint density at radius 2 is 2.00 bits per heavy atom. The fraction of sp³-hybridized carbons (Fsp3) is 1.00. The zero-order valence-electron chi connectivity index (χ0n) is 8.21. The summed E-state index contributed by atoms with van der Waals surface area (Å²) in [5.74, 6) is 0. The number of nitrogens with zero attached hydrogens (tertiary/aromatic N) is 2. The van der Waals surface area contributed by atoms with Crippen LogP contribution in [0.2, 0.25) is 0 Å². The van der Waals surface area contributed by atoms with Crippen molar-refractivity contribution < 1.29 is 4.74 Å². The second-order valence-electron chi connectivity index (χ2n) is 4.34. The van der Waals surface area contributed by atoms with Crippen molar-refractivity contribution >= 4 is 0 Å². The predicted octanol–water partition coefficient (Wildman–Crippen LogP) is 0.0211. The molecule has 1 spiro atoms. The molecule has 0 aromatic heterocycles. The van der Waals surface area contributed by atoms with Crippen molar-refractivity contribution in [3.8, 4) is 0 Å². The first-order valence-corrected chi connectivity index (χ1v) is 4.59. The van der Waals surface area contributed by atoms with Gasteiger partial charge in [-0.2, -0.15) is 0 Å². The highest BCUT2D eigenvalue weighted by Gasteiger charge is 2.50. The van der Waals surface area contributed by atoms with Crippen molar-refractivity contribution in [2.24, 2.45) is 0 Å². The Labute approximate surface area is 74.3 Å². The summed E-state index contributed by atoms with van der Waals surface area (Å²) in [6.07, 6.45) is 1.67. The van der Waals surface area contributed by atoms with E-state index in [1.807, 2.05) is 7.11 Å². The van der Waals surface area contributed by atoms with Gasteiger partial charge in [-0.3, -0.25) is 4.90 Å². The molecule has 0 radical (unpaired) electrons. The molecule has 0 bridgehead atoms. The maximum Gasteiger partial charge on any atom is 0.0716 e. The lowest BCUT2D eigenvalue weighted by molar-refractivity contribution is -0.000858. The molecule has 2 aliphatic heterocycles. The first kappa shape index (κ1) is 8.48. The van der Waals surface area contributed by atoms with Gasteiger partial charge in [-0.05, 0) is 20.5 Å². The average Bonchev–Trinajstić information content (AvgIpc) is 2.28. The third-order valence-electron chi connectivity index (χ3n) is 3.36. The quantitative estimate of drug-likeness (QED) is 0.552. The van der Waals surface area contributed by atoms with Crippen molar-refractivity contribution in [2.75, 3.05) is 40.8 Å². The summed E-state index contributed by atoms with van der Waals surface area (Å²) in [7, 11) is 6.21. The molecule has 1 unspecified atom stereocenters. The van der Waals surface area contributed by atoms with Crippen LogP contribution in [0.4, 0.5) is 0 Å². The molecule has 70 valence electrons. The molecule has 1 atom stereocenters. The molecule has 12 heavy (non-hydrogen) atoms. The largest absolute Gasteiger partial charge is 0.380 e. The van der Waals surface area contributed by atoms with Crippen LogP contribution in [0, 0.1) is 0 Å². The molecule has 3 heteroatoms. The lowest BCUT2D eigenvalue weighted by atomic mass is 9.87. The fourth-order valence-corrected chi connectivity index (χ4v) is 2.63. The van der Waals surface area contributed by atoms with Gasteiger partial charge in [0.1, 0.15) is 0 Å². The second-order valence-corrected chi connectivity index (χ2v) is 4.34. The van der Waals surface area contributed by atoms with E-state index in [2.05, 4.69) is 23.9 Å². The SMILES string of the molecule is COC1CN(C)C2(C1)CN(C)C2. The smallest absolute Gasteiger partial charge is 0.0716 e. The zero-order chi connectivity index (χ0) is 8.77. The van der Waals surface area contributed by atoms with Gasteiger partial charge in [-0.25, -0.2) is 0 Å². The van der Waals surface area contributed by atoms with Crippen LogP contribution >= 0.6 is 0 Å². The van der Waals surface area contributed by atoms with Gasteiger partial charge in [0.2, 0.25) is 0 Å². The Bertz CT molecular complexity index is 177. The number of rotatable bonds is 1. The Hall–Kier alpha value is -0.120. The lowest BCUT2D eigenvalue weighted by Gasteiger charge is -2.50. The Morgan fingerprint density at radius 1 is 1.33 bits per heavy atom. The minimum absolute atomic E-state index is 0.454. The topological polar surface area (TPSA) is 15.7 Å². The van der Waals surface area contributed by atoms with E-state index < -0.39 is 0 Å². The molecule has 2 aliphatic rings. The molecule has 0 saturated carbocycles. The minimum atomic E-state index is 0.454. The van der Waals surface area contributed by atoms with Gasteiger partial charge >= 0.3 is 0 Å². The molecule has 0 aromatic carbocycles. The number of hydrogen-bond donors (Lipinski definition) is 0. The van der Waals surface area contributed by atoms with Crippen LogP contribution < -0.4 is 0 Å². The Kier molecular flexibility index (Phi) is 1.90. The molecular formula is C9H18N2O. The van der Waals surface area contributed by atoms with Gasteiger partial charge in [0.15, 0.2) is 0 Å². The summed E-state index contributed by atoms with van der Waals surface area (Å²) in [4.78, 5) is 4.83. The molecule has 2 fully saturated rings. The van der Waals surface area contributed by atoms with Crippen molar-refractivity contribution in [3.05, 3.63) is 0 Å². The van der Waals surface area contributed by atoms with E-state index in [4.69, 9.17) is 4.74 Å². The van der Waals surface area contributed by atoms with Gasteiger partial charge in [0.25, 0.3) is 0 Å². The Morgan fingerprint density at radius 3 is 2.42 bits per heavy atom. The van der Waals surface area contributed by atoms with Crippen molar-refractivity contribution in [2.45, 2.75) is 18.1 Å². The Balaban J connectivity index is 2.00. The summed E-state index contributed by atoms with van der Waals surface area (Å²) < 4.78 is 5.39. The van der Waals surface area contributed by atoms with Crippen LogP contribution in [0.1, 0.15) is 6.42 Å². The second kappa shape index (κ2) is 2.69. The van der Waals surface area contributed by atoms with E-state index in [1.165, 1.54) is 19.5 Å². The third kappa shape index (κ3) is 1.08. The molecule has 2 heterocycles. The van der Waals surface area contributed by atoms with Crippen LogP contribution in [-0.4, -0.2) is 62.3 Å². The van der Waals surface area contributed by atoms with E-state index in [-0.39, 0.29) is 0 Å². The molecule has 0 aliphatic carbocycles. The van der Waals surface area contributed by atoms with Crippen molar-refractivity contribution in [1.82, 2.24) is 9.80 Å². The summed E-state index contributed by atoms with van der Waals surface area (Å²) in [6.45, 7) is 3.52. The van der Waals surface area contributed by atoms with E-state index in [0.717, 1.165) is 6.54 Å². The standard InChI is InChI=1S/C9H18N2O/c1-10-6-9(7-10)4-8(12-3)5-11(9)2/h8H,4-7H2,1-3H3. The fourth-order valence-electron chi connectivity index (χ4n) is 2.63. The van der Waals surface area contributed by atoms with Crippen LogP contribution in [0.5, 0.6) is 0 Å². The number of hydrogen-bond acceptors (Lipinski definition) is 3. The number of likely N-dealkylation sites (tertiary alicyclic amines) is 2. The average molecular weight is 170 g/mol. The van der Waals surface area contributed by atoms with Gasteiger partial charge in [0, 0.05) is 32.3 Å². The highest BCUT2D eigenvalue weighted by atomic mass is 16.5. The molecule has 3 nitrogen and oxygen atoms in total. The van der Waals surface area contributed by atoms with E-state index in [9.17, 15) is 0 Å². The molecule has 0 amide bonds. The van der Waals surface area contributed by atoms with Gasteiger partial charge in [0.05, 0.1) is 6.10 Å². The summed E-state index contributed by atoms with van der Waals surface area (Å²) in [5.41, 5.74) is 0.454. The highest BCUT2D eigenvalue weighted by molar-refractivity contribution is 5.08. The lowest BCUT2D eigenvalue weighted by Crippen LogP contribution is -2.65. The normalized spacial score (nSPS) is 35.8. The maximum atomic E-state index is 5.39. The zero-order valence-corrected chi connectivity index (χ0v) is 8.21. The third-order valence-corrected chi connectivity index (χ3v) is 3.36. The van der Waals surface area contributed by atoms with E-state index >= 15 is 0 Å².